The first kappa shape index (κ1) is 33.4. The van der Waals surface area contributed by atoms with Crippen molar-refractivity contribution in [1.29, 1.82) is 0 Å². The number of hydrogen-bond acceptors (Lipinski definition) is 6. The summed E-state index contributed by atoms with van der Waals surface area (Å²) in [6.45, 7) is 3.58. The van der Waals surface area contributed by atoms with Crippen molar-refractivity contribution < 1.29 is 31.9 Å². The lowest BCUT2D eigenvalue weighted by atomic mass is 9.96. The number of hydrogen-bond donors (Lipinski definition) is 4. The molecule has 42 heavy (non-hydrogen) atoms. The summed E-state index contributed by atoms with van der Waals surface area (Å²) in [7, 11) is -2.36. The van der Waals surface area contributed by atoms with Crippen molar-refractivity contribution in [2.24, 2.45) is 5.73 Å². The molecule has 1 saturated carbocycles. The maximum absolute atomic E-state index is 14.2. The van der Waals surface area contributed by atoms with E-state index in [1.807, 2.05) is 38.1 Å². The number of aliphatic hydroxyl groups is 1. The molecule has 0 bridgehead atoms. The van der Waals surface area contributed by atoms with Crippen molar-refractivity contribution in [3.63, 3.8) is 0 Å². The molecule has 3 amide bonds. The van der Waals surface area contributed by atoms with E-state index in [1.165, 1.54) is 11.9 Å². The summed E-state index contributed by atoms with van der Waals surface area (Å²) in [5.41, 5.74) is 7.54. The van der Waals surface area contributed by atoms with E-state index < -0.39 is 62.9 Å². The number of aryl methyl sites for hydroxylation is 1. The van der Waals surface area contributed by atoms with Gasteiger partial charge in [0, 0.05) is 25.7 Å². The lowest BCUT2D eigenvalue weighted by Crippen LogP contribution is -2.58. The SMILES string of the molecule is CCCCS(=O)(=O)C[C@@H](NC(=O)NC)C(=O)N(C[C@@H](O)[C@@H](N)Cc1cc(F)cc(F)c1)C1(c2cccc(CC)c2)CC1. The number of carbonyl (C=O) groups excluding carboxylic acids is 2. The Balaban J connectivity index is 1.98. The number of benzene rings is 2. The zero-order valence-corrected chi connectivity index (χ0v) is 25.2. The summed E-state index contributed by atoms with van der Waals surface area (Å²) >= 11 is 0. The fourth-order valence-corrected chi connectivity index (χ4v) is 6.77. The number of nitrogens with one attached hydrogen (secondary N) is 2. The summed E-state index contributed by atoms with van der Waals surface area (Å²) in [6, 6.07) is 7.56. The molecule has 0 spiro atoms. The highest BCUT2D eigenvalue weighted by Gasteiger charge is 2.53. The van der Waals surface area contributed by atoms with Crippen molar-refractivity contribution in [2.75, 3.05) is 25.1 Å². The van der Waals surface area contributed by atoms with Crippen molar-refractivity contribution in [3.05, 3.63) is 70.8 Å². The van der Waals surface area contributed by atoms with Crippen LogP contribution in [0.25, 0.3) is 0 Å². The summed E-state index contributed by atoms with van der Waals surface area (Å²) in [5, 5.41) is 16.1. The van der Waals surface area contributed by atoms with Crippen LogP contribution in [0.2, 0.25) is 0 Å². The second-order valence-corrected chi connectivity index (χ2v) is 13.2. The zero-order valence-electron chi connectivity index (χ0n) is 24.4. The predicted octanol–water partition coefficient (Wildman–Crippen LogP) is 2.79. The Hall–Kier alpha value is -3.09. The fourth-order valence-electron chi connectivity index (χ4n) is 5.14. The van der Waals surface area contributed by atoms with Gasteiger partial charge in [0.1, 0.15) is 17.7 Å². The van der Waals surface area contributed by atoms with Gasteiger partial charge in [-0.25, -0.2) is 22.0 Å². The van der Waals surface area contributed by atoms with E-state index >= 15 is 0 Å². The van der Waals surface area contributed by atoms with Gasteiger partial charge in [0.2, 0.25) is 5.91 Å². The maximum Gasteiger partial charge on any atom is 0.315 e. The minimum Gasteiger partial charge on any atom is -0.390 e. The van der Waals surface area contributed by atoms with E-state index in [2.05, 4.69) is 10.6 Å². The Morgan fingerprint density at radius 3 is 2.33 bits per heavy atom. The van der Waals surface area contributed by atoms with Crippen LogP contribution in [-0.2, 0) is 33.0 Å². The normalized spacial score (nSPS) is 16.3. The minimum absolute atomic E-state index is 0.0679. The Morgan fingerprint density at radius 1 is 1.10 bits per heavy atom. The highest BCUT2D eigenvalue weighted by atomic mass is 32.2. The molecule has 2 aromatic carbocycles. The first-order chi connectivity index (χ1) is 19.8. The third kappa shape index (κ3) is 8.71. The molecular weight excluding hydrogens is 566 g/mol. The van der Waals surface area contributed by atoms with E-state index in [4.69, 9.17) is 5.73 Å². The van der Waals surface area contributed by atoms with Gasteiger partial charge in [-0.05, 0) is 60.9 Å². The number of halogens is 2. The van der Waals surface area contributed by atoms with Crippen LogP contribution in [0.15, 0.2) is 42.5 Å². The smallest absolute Gasteiger partial charge is 0.315 e. The molecule has 0 radical (unpaired) electrons. The third-order valence-electron chi connectivity index (χ3n) is 7.70. The molecule has 1 aliphatic carbocycles. The largest absolute Gasteiger partial charge is 0.390 e. The number of urea groups is 1. The van der Waals surface area contributed by atoms with Crippen molar-refractivity contribution in [1.82, 2.24) is 15.5 Å². The molecular formula is C30H42F2N4O5S. The highest BCUT2D eigenvalue weighted by molar-refractivity contribution is 7.91. The molecule has 0 aliphatic heterocycles. The lowest BCUT2D eigenvalue weighted by molar-refractivity contribution is -0.138. The van der Waals surface area contributed by atoms with E-state index in [0.29, 0.717) is 25.7 Å². The topological polar surface area (TPSA) is 142 Å². The van der Waals surface area contributed by atoms with Crippen LogP contribution in [0.1, 0.15) is 56.2 Å². The molecule has 0 heterocycles. The number of carbonyl (C=O) groups is 2. The van der Waals surface area contributed by atoms with Crippen LogP contribution in [0.3, 0.4) is 0 Å². The Bertz CT molecular complexity index is 1330. The Morgan fingerprint density at radius 2 is 1.76 bits per heavy atom. The number of amides is 3. The molecule has 1 aliphatic rings. The molecule has 0 saturated heterocycles. The van der Waals surface area contributed by atoms with Crippen LogP contribution in [0, 0.1) is 11.6 Å². The fraction of sp³-hybridized carbons (Fsp3) is 0.533. The summed E-state index contributed by atoms with van der Waals surface area (Å²) in [6.07, 6.45) is 1.52. The molecule has 3 rings (SSSR count). The average Bonchev–Trinajstić information content (AvgIpc) is 3.75. The number of aliphatic hydroxyl groups excluding tert-OH is 1. The second-order valence-electron chi connectivity index (χ2n) is 11.0. The van der Waals surface area contributed by atoms with Crippen molar-refractivity contribution >= 4 is 21.8 Å². The predicted molar refractivity (Wildman–Crippen MR) is 157 cm³/mol. The molecule has 9 nitrogen and oxygen atoms in total. The van der Waals surface area contributed by atoms with Crippen LogP contribution in [-0.4, -0.2) is 73.6 Å². The first-order valence-corrected chi connectivity index (χ1v) is 16.1. The molecule has 3 atom stereocenters. The first-order valence-electron chi connectivity index (χ1n) is 14.3. The van der Waals surface area contributed by atoms with Gasteiger partial charge in [-0.1, -0.05) is 44.5 Å². The van der Waals surface area contributed by atoms with Gasteiger partial charge in [0.15, 0.2) is 9.84 Å². The Labute approximate surface area is 246 Å². The minimum atomic E-state index is -3.72. The molecule has 2 aromatic rings. The van der Waals surface area contributed by atoms with E-state index in [9.17, 15) is 31.9 Å². The average molecular weight is 609 g/mol. The molecule has 5 N–H and O–H groups in total. The number of nitrogens with zero attached hydrogens (tertiary/aromatic N) is 1. The molecule has 0 unspecified atom stereocenters. The maximum atomic E-state index is 14.2. The quantitative estimate of drug-likeness (QED) is 0.245. The van der Waals surface area contributed by atoms with Gasteiger partial charge in [-0.15, -0.1) is 0 Å². The zero-order chi connectivity index (χ0) is 31.1. The van der Waals surface area contributed by atoms with Crippen molar-refractivity contribution in [2.45, 2.75) is 76.1 Å². The number of nitrogens with two attached hydrogens (primary N) is 1. The van der Waals surface area contributed by atoms with Crippen LogP contribution in [0.5, 0.6) is 0 Å². The van der Waals surface area contributed by atoms with Gasteiger partial charge < -0.3 is 26.4 Å². The summed E-state index contributed by atoms with van der Waals surface area (Å²) in [5.74, 6) is -2.95. The number of unbranched alkanes of at least 4 members (excludes halogenated alkanes) is 1. The van der Waals surface area contributed by atoms with Gasteiger partial charge in [-0.2, -0.15) is 0 Å². The van der Waals surface area contributed by atoms with E-state index in [1.54, 1.807) is 0 Å². The van der Waals surface area contributed by atoms with Crippen LogP contribution in [0.4, 0.5) is 13.6 Å². The molecule has 232 valence electrons. The van der Waals surface area contributed by atoms with Gasteiger partial charge in [-0.3, -0.25) is 4.79 Å². The molecule has 0 aromatic heterocycles. The van der Waals surface area contributed by atoms with Gasteiger partial charge >= 0.3 is 6.03 Å². The summed E-state index contributed by atoms with van der Waals surface area (Å²) in [4.78, 5) is 28.0. The highest BCUT2D eigenvalue weighted by Crippen LogP contribution is 2.51. The second kappa shape index (κ2) is 14.4. The van der Waals surface area contributed by atoms with E-state index in [-0.39, 0.29) is 24.3 Å². The van der Waals surface area contributed by atoms with Gasteiger partial charge in [0.25, 0.3) is 0 Å². The van der Waals surface area contributed by atoms with Crippen LogP contribution >= 0.6 is 0 Å². The van der Waals surface area contributed by atoms with Crippen LogP contribution < -0.4 is 16.4 Å². The van der Waals surface area contributed by atoms with Crippen molar-refractivity contribution in [3.8, 4) is 0 Å². The monoisotopic (exact) mass is 608 g/mol. The summed E-state index contributed by atoms with van der Waals surface area (Å²) < 4.78 is 53.4. The standard InChI is InChI=1S/C30H42F2N4O5S/c1-4-6-12-42(40,41)19-26(35-29(39)34-3)28(38)36(30(10-11-30)22-9-7-8-20(5-2)13-22)18-27(37)25(33)16-21-14-23(31)17-24(32)15-21/h7-9,13-15,17,25-27,37H,4-6,10-12,16,18-19,33H2,1-3H3,(H2,34,35,39)/t25-,26+,27+/m0/s1. The van der Waals surface area contributed by atoms with E-state index in [0.717, 1.165) is 35.7 Å². The van der Waals surface area contributed by atoms with Gasteiger partial charge in [0.05, 0.1) is 23.1 Å². The number of sulfone groups is 1. The Kier molecular flexibility index (Phi) is 11.4. The lowest BCUT2D eigenvalue weighted by Gasteiger charge is -2.38. The molecule has 1 fully saturated rings. The third-order valence-corrected chi connectivity index (χ3v) is 9.45. The molecule has 12 heteroatoms. The number of rotatable bonds is 15.